The second kappa shape index (κ2) is 10.2. The summed E-state index contributed by atoms with van der Waals surface area (Å²) in [6, 6.07) is 11.2. The second-order valence-electron chi connectivity index (χ2n) is 6.42. The van der Waals surface area contributed by atoms with E-state index in [0.717, 1.165) is 11.1 Å². The Labute approximate surface area is 170 Å². The van der Waals surface area contributed by atoms with Crippen LogP contribution in [0.4, 0.5) is 0 Å². The molecule has 7 heteroatoms. The molecular weight excluding hydrogens is 397 g/mol. The van der Waals surface area contributed by atoms with Gasteiger partial charge in [-0.2, -0.15) is 0 Å². The molecule has 0 fully saturated rings. The molecule has 2 N–H and O–H groups in total. The SMILES string of the molecule is COc1cc(CNC(C)(C)CO)ccc1OCc1ccc(Cl)c(Cl)c1.Cl. The Balaban J connectivity index is 0.00000338. The van der Waals surface area contributed by atoms with Crippen LogP contribution in [0.25, 0.3) is 0 Å². The Bertz CT molecular complexity index is 723. The Morgan fingerprint density at radius 3 is 2.31 bits per heavy atom. The van der Waals surface area contributed by atoms with Crippen LogP contribution >= 0.6 is 35.6 Å². The summed E-state index contributed by atoms with van der Waals surface area (Å²) in [5.41, 5.74) is 1.63. The van der Waals surface area contributed by atoms with Crippen LogP contribution in [-0.4, -0.2) is 24.4 Å². The fraction of sp³-hybridized carbons (Fsp3) is 0.368. The summed E-state index contributed by atoms with van der Waals surface area (Å²) in [5.74, 6) is 1.31. The van der Waals surface area contributed by atoms with Gasteiger partial charge in [0, 0.05) is 12.1 Å². The summed E-state index contributed by atoms with van der Waals surface area (Å²) >= 11 is 11.9. The lowest BCUT2D eigenvalue weighted by Gasteiger charge is -2.23. The van der Waals surface area contributed by atoms with Crippen molar-refractivity contribution in [3.05, 3.63) is 57.6 Å². The lowest BCUT2D eigenvalue weighted by molar-refractivity contribution is 0.187. The van der Waals surface area contributed by atoms with E-state index < -0.39 is 0 Å². The summed E-state index contributed by atoms with van der Waals surface area (Å²) < 4.78 is 11.3. The van der Waals surface area contributed by atoms with E-state index in [9.17, 15) is 5.11 Å². The maximum absolute atomic E-state index is 9.31. The highest BCUT2D eigenvalue weighted by molar-refractivity contribution is 6.42. The number of rotatable bonds is 8. The fourth-order valence-electron chi connectivity index (χ4n) is 2.13. The first-order valence-corrected chi connectivity index (χ1v) is 8.70. The van der Waals surface area contributed by atoms with E-state index in [1.807, 2.05) is 38.1 Å². The van der Waals surface area contributed by atoms with Gasteiger partial charge in [-0.05, 0) is 49.2 Å². The molecule has 0 atom stereocenters. The van der Waals surface area contributed by atoms with Crippen LogP contribution < -0.4 is 14.8 Å². The first kappa shape index (κ1) is 22.9. The number of benzene rings is 2. The van der Waals surface area contributed by atoms with Crippen LogP contribution in [0, 0.1) is 0 Å². The molecule has 0 unspecified atom stereocenters. The molecule has 0 bridgehead atoms. The molecule has 2 aromatic rings. The molecule has 0 saturated heterocycles. The molecule has 4 nitrogen and oxygen atoms in total. The maximum atomic E-state index is 9.31. The predicted octanol–water partition coefficient (Wildman–Crippen LogP) is 4.86. The van der Waals surface area contributed by atoms with E-state index in [2.05, 4.69) is 5.32 Å². The van der Waals surface area contributed by atoms with Crippen LogP contribution in [0.5, 0.6) is 11.5 Å². The molecule has 0 saturated carbocycles. The third kappa shape index (κ3) is 6.53. The minimum Gasteiger partial charge on any atom is -0.493 e. The van der Waals surface area contributed by atoms with E-state index in [4.69, 9.17) is 32.7 Å². The van der Waals surface area contributed by atoms with Crippen molar-refractivity contribution < 1.29 is 14.6 Å². The van der Waals surface area contributed by atoms with Crippen molar-refractivity contribution in [3.63, 3.8) is 0 Å². The van der Waals surface area contributed by atoms with Gasteiger partial charge in [0.25, 0.3) is 0 Å². The molecule has 0 spiro atoms. The minimum atomic E-state index is -0.337. The third-order valence-corrected chi connectivity index (χ3v) is 4.51. The third-order valence-electron chi connectivity index (χ3n) is 3.77. The largest absolute Gasteiger partial charge is 0.493 e. The Morgan fingerprint density at radius 2 is 1.69 bits per heavy atom. The van der Waals surface area contributed by atoms with Gasteiger partial charge in [0.2, 0.25) is 0 Å². The van der Waals surface area contributed by atoms with Crippen LogP contribution in [0.1, 0.15) is 25.0 Å². The van der Waals surface area contributed by atoms with Crippen molar-refractivity contribution in [2.45, 2.75) is 32.5 Å². The molecule has 26 heavy (non-hydrogen) atoms. The Kier molecular flexibility index (Phi) is 9.01. The van der Waals surface area contributed by atoms with Crippen molar-refractivity contribution >= 4 is 35.6 Å². The Hall–Kier alpha value is -1.17. The van der Waals surface area contributed by atoms with Gasteiger partial charge in [0.1, 0.15) is 6.61 Å². The predicted molar refractivity (Wildman–Crippen MR) is 109 cm³/mol. The lowest BCUT2D eigenvalue weighted by Crippen LogP contribution is -2.42. The van der Waals surface area contributed by atoms with Gasteiger partial charge < -0.3 is 19.9 Å². The summed E-state index contributed by atoms with van der Waals surface area (Å²) in [7, 11) is 1.61. The molecule has 0 heterocycles. The van der Waals surface area contributed by atoms with Gasteiger partial charge in [-0.3, -0.25) is 0 Å². The molecule has 144 valence electrons. The van der Waals surface area contributed by atoms with Crippen molar-refractivity contribution in [3.8, 4) is 11.5 Å². The highest BCUT2D eigenvalue weighted by atomic mass is 35.5. The van der Waals surface area contributed by atoms with Gasteiger partial charge in [-0.1, -0.05) is 35.3 Å². The monoisotopic (exact) mass is 419 g/mol. The number of hydrogen-bond donors (Lipinski definition) is 2. The number of halogens is 3. The smallest absolute Gasteiger partial charge is 0.161 e. The van der Waals surface area contributed by atoms with Gasteiger partial charge >= 0.3 is 0 Å². The Morgan fingerprint density at radius 1 is 1.00 bits per heavy atom. The molecule has 2 aromatic carbocycles. The van der Waals surface area contributed by atoms with Crippen molar-refractivity contribution in [1.29, 1.82) is 0 Å². The van der Waals surface area contributed by atoms with E-state index >= 15 is 0 Å². The quantitative estimate of drug-likeness (QED) is 0.640. The number of ether oxygens (including phenoxy) is 2. The molecule has 0 radical (unpaired) electrons. The zero-order valence-corrected chi connectivity index (χ0v) is 17.3. The van der Waals surface area contributed by atoms with Crippen molar-refractivity contribution in [2.24, 2.45) is 0 Å². The van der Waals surface area contributed by atoms with Crippen LogP contribution in [0.15, 0.2) is 36.4 Å². The zero-order chi connectivity index (χ0) is 18.4. The number of nitrogens with one attached hydrogen (secondary N) is 1. The molecule has 0 aromatic heterocycles. The van der Waals surface area contributed by atoms with Gasteiger partial charge in [0.05, 0.1) is 23.8 Å². The maximum Gasteiger partial charge on any atom is 0.161 e. The summed E-state index contributed by atoms with van der Waals surface area (Å²) in [5, 5.41) is 13.6. The molecule has 0 aliphatic rings. The molecule has 0 aliphatic carbocycles. The highest BCUT2D eigenvalue weighted by Gasteiger charge is 2.15. The van der Waals surface area contributed by atoms with Gasteiger partial charge in [-0.25, -0.2) is 0 Å². The van der Waals surface area contributed by atoms with Crippen molar-refractivity contribution in [1.82, 2.24) is 5.32 Å². The van der Waals surface area contributed by atoms with Crippen molar-refractivity contribution in [2.75, 3.05) is 13.7 Å². The highest BCUT2D eigenvalue weighted by Crippen LogP contribution is 2.30. The number of aliphatic hydroxyl groups is 1. The summed E-state index contributed by atoms with van der Waals surface area (Å²) in [4.78, 5) is 0. The molecular formula is C19H24Cl3NO3. The first-order chi connectivity index (χ1) is 11.8. The van der Waals surface area contributed by atoms with Gasteiger partial charge in [-0.15, -0.1) is 12.4 Å². The number of aliphatic hydroxyl groups excluding tert-OH is 1. The topological polar surface area (TPSA) is 50.7 Å². The molecule has 0 aliphatic heterocycles. The second-order valence-corrected chi connectivity index (χ2v) is 7.23. The molecule has 2 rings (SSSR count). The lowest BCUT2D eigenvalue weighted by atomic mass is 10.1. The summed E-state index contributed by atoms with van der Waals surface area (Å²) in [6.07, 6.45) is 0. The van der Waals surface area contributed by atoms with Crippen LogP contribution in [-0.2, 0) is 13.2 Å². The average Bonchev–Trinajstić information content (AvgIpc) is 2.61. The molecule has 0 amide bonds. The normalized spacial score (nSPS) is 11.0. The van der Waals surface area contributed by atoms with E-state index in [0.29, 0.717) is 34.7 Å². The standard InChI is InChI=1S/C19H23Cl2NO3.ClH/c1-19(2,12-23)22-10-13-5-7-17(18(9-13)24-3)25-11-14-4-6-15(20)16(21)8-14;/h4-9,22-23H,10-12H2,1-3H3;1H. The number of hydrogen-bond acceptors (Lipinski definition) is 4. The van der Waals surface area contributed by atoms with Gasteiger partial charge in [0.15, 0.2) is 11.5 Å². The van der Waals surface area contributed by atoms with Crippen LogP contribution in [0.2, 0.25) is 10.0 Å². The first-order valence-electron chi connectivity index (χ1n) is 7.94. The van der Waals surface area contributed by atoms with E-state index in [-0.39, 0.29) is 24.6 Å². The summed E-state index contributed by atoms with van der Waals surface area (Å²) in [6.45, 7) is 4.94. The van der Waals surface area contributed by atoms with E-state index in [1.165, 1.54) is 0 Å². The van der Waals surface area contributed by atoms with Crippen LogP contribution in [0.3, 0.4) is 0 Å². The average molecular weight is 421 g/mol. The zero-order valence-electron chi connectivity index (χ0n) is 15.0. The number of methoxy groups -OCH3 is 1. The van der Waals surface area contributed by atoms with E-state index in [1.54, 1.807) is 19.2 Å². The minimum absolute atomic E-state index is 0. The fourth-order valence-corrected chi connectivity index (χ4v) is 2.45.